The minimum absolute atomic E-state index is 0.684. The molecule has 0 rings (SSSR count). The van der Waals surface area contributed by atoms with Crippen molar-refractivity contribution in [3.63, 3.8) is 0 Å². The summed E-state index contributed by atoms with van der Waals surface area (Å²) in [7, 11) is 0. The zero-order valence-electron chi connectivity index (χ0n) is 9.48. The standard InChI is InChI=1S/C11H24Cl2N2/c12-11(13,15)9-7-5-3-1-2-4-6-8-10-14/h1-10,14-15H2. The molecule has 0 atom stereocenters. The number of alkyl halides is 2. The van der Waals surface area contributed by atoms with Gasteiger partial charge in [-0.15, -0.1) is 0 Å². The van der Waals surface area contributed by atoms with Crippen LogP contribution in [0.5, 0.6) is 0 Å². The van der Waals surface area contributed by atoms with E-state index < -0.39 is 4.46 Å². The maximum atomic E-state index is 5.66. The van der Waals surface area contributed by atoms with Gasteiger partial charge in [0.2, 0.25) is 0 Å². The summed E-state index contributed by atoms with van der Waals surface area (Å²) in [5.74, 6) is 0. The summed E-state index contributed by atoms with van der Waals surface area (Å²) in [5.41, 5.74) is 10.9. The molecule has 0 heterocycles. The monoisotopic (exact) mass is 254 g/mol. The molecule has 0 unspecified atom stereocenters. The smallest absolute Gasteiger partial charge is 0.166 e. The van der Waals surface area contributed by atoms with E-state index >= 15 is 0 Å². The van der Waals surface area contributed by atoms with Gasteiger partial charge < -0.3 is 11.5 Å². The third-order valence-corrected chi connectivity index (χ3v) is 2.84. The molecule has 0 aliphatic carbocycles. The highest BCUT2D eigenvalue weighted by atomic mass is 35.5. The largest absolute Gasteiger partial charge is 0.330 e. The Morgan fingerprint density at radius 3 is 1.53 bits per heavy atom. The highest BCUT2D eigenvalue weighted by Crippen LogP contribution is 2.21. The summed E-state index contributed by atoms with van der Waals surface area (Å²) in [6.45, 7) is 0.823. The molecule has 4 N–H and O–H groups in total. The van der Waals surface area contributed by atoms with Gasteiger partial charge in [0.25, 0.3) is 0 Å². The van der Waals surface area contributed by atoms with Gasteiger partial charge in [-0.2, -0.15) is 0 Å². The van der Waals surface area contributed by atoms with Gasteiger partial charge in [-0.3, -0.25) is 0 Å². The molecule has 15 heavy (non-hydrogen) atoms. The lowest BCUT2D eigenvalue weighted by Gasteiger charge is -2.12. The van der Waals surface area contributed by atoms with Crippen LogP contribution in [0.1, 0.15) is 57.8 Å². The highest BCUT2D eigenvalue weighted by molar-refractivity contribution is 6.47. The SMILES string of the molecule is NCCCCCCCCCCC(N)(Cl)Cl. The Bertz CT molecular complexity index is 135. The van der Waals surface area contributed by atoms with Crippen LogP contribution in [0.2, 0.25) is 0 Å². The molecule has 0 bridgehead atoms. The molecule has 0 aliphatic heterocycles. The Labute approximate surface area is 104 Å². The molecular formula is C11H24Cl2N2. The van der Waals surface area contributed by atoms with E-state index in [1.54, 1.807) is 0 Å². The van der Waals surface area contributed by atoms with Crippen LogP contribution in [0.3, 0.4) is 0 Å². The summed E-state index contributed by atoms with van der Waals surface area (Å²) in [4.78, 5) is 0. The van der Waals surface area contributed by atoms with E-state index in [0.717, 1.165) is 19.4 Å². The third-order valence-electron chi connectivity index (χ3n) is 2.46. The van der Waals surface area contributed by atoms with Crippen molar-refractivity contribution in [1.82, 2.24) is 0 Å². The molecule has 0 aromatic rings. The summed E-state index contributed by atoms with van der Waals surface area (Å²) in [5, 5.41) is 0. The average molecular weight is 255 g/mol. The minimum atomic E-state index is -1.03. The van der Waals surface area contributed by atoms with E-state index in [1.807, 2.05) is 0 Å². The zero-order valence-corrected chi connectivity index (χ0v) is 11.0. The van der Waals surface area contributed by atoms with E-state index in [1.165, 1.54) is 38.5 Å². The van der Waals surface area contributed by atoms with Crippen molar-refractivity contribution in [2.24, 2.45) is 11.5 Å². The molecule has 0 radical (unpaired) electrons. The number of nitrogens with two attached hydrogens (primary N) is 2. The highest BCUT2D eigenvalue weighted by Gasteiger charge is 2.15. The van der Waals surface area contributed by atoms with Crippen LogP contribution in [-0.2, 0) is 0 Å². The Morgan fingerprint density at radius 2 is 1.13 bits per heavy atom. The maximum Gasteiger partial charge on any atom is 0.166 e. The Hall–Kier alpha value is 0.500. The van der Waals surface area contributed by atoms with E-state index in [9.17, 15) is 0 Å². The van der Waals surface area contributed by atoms with Crippen molar-refractivity contribution in [2.75, 3.05) is 6.54 Å². The quantitative estimate of drug-likeness (QED) is 0.356. The van der Waals surface area contributed by atoms with Gasteiger partial charge in [0.1, 0.15) is 0 Å². The van der Waals surface area contributed by atoms with Crippen LogP contribution >= 0.6 is 23.2 Å². The van der Waals surface area contributed by atoms with Gasteiger partial charge in [0.15, 0.2) is 4.46 Å². The molecule has 0 aromatic heterocycles. The van der Waals surface area contributed by atoms with Crippen molar-refractivity contribution >= 4 is 23.2 Å². The van der Waals surface area contributed by atoms with E-state index in [2.05, 4.69) is 0 Å². The van der Waals surface area contributed by atoms with Crippen LogP contribution in [0, 0.1) is 0 Å². The Kier molecular flexibility index (Phi) is 10.0. The van der Waals surface area contributed by atoms with Gasteiger partial charge in [-0.25, -0.2) is 0 Å². The lowest BCUT2D eigenvalue weighted by molar-refractivity contribution is 0.549. The predicted octanol–water partition coefficient (Wildman–Crippen LogP) is 3.55. The van der Waals surface area contributed by atoms with Gasteiger partial charge in [0, 0.05) is 0 Å². The van der Waals surface area contributed by atoms with Crippen LogP contribution in [0.15, 0.2) is 0 Å². The van der Waals surface area contributed by atoms with E-state index in [-0.39, 0.29) is 0 Å². The van der Waals surface area contributed by atoms with Crippen LogP contribution in [0.25, 0.3) is 0 Å². The number of unbranched alkanes of at least 4 members (excludes halogenated alkanes) is 7. The van der Waals surface area contributed by atoms with Gasteiger partial charge in [0.05, 0.1) is 0 Å². The number of rotatable bonds is 10. The minimum Gasteiger partial charge on any atom is -0.330 e. The fraction of sp³-hybridized carbons (Fsp3) is 1.00. The van der Waals surface area contributed by atoms with Gasteiger partial charge in [-0.1, -0.05) is 61.7 Å². The van der Waals surface area contributed by atoms with Crippen molar-refractivity contribution in [1.29, 1.82) is 0 Å². The van der Waals surface area contributed by atoms with E-state index in [4.69, 9.17) is 34.7 Å². The van der Waals surface area contributed by atoms with Gasteiger partial charge >= 0.3 is 0 Å². The Morgan fingerprint density at radius 1 is 0.733 bits per heavy atom. The van der Waals surface area contributed by atoms with Crippen molar-refractivity contribution in [2.45, 2.75) is 62.2 Å². The Balaban J connectivity index is 2.99. The maximum absolute atomic E-state index is 5.66. The molecule has 0 saturated heterocycles. The predicted molar refractivity (Wildman–Crippen MR) is 69.2 cm³/mol. The lowest BCUT2D eigenvalue weighted by atomic mass is 10.1. The summed E-state index contributed by atoms with van der Waals surface area (Å²) >= 11 is 11.3. The van der Waals surface area contributed by atoms with Crippen molar-refractivity contribution in [3.05, 3.63) is 0 Å². The second-order valence-corrected chi connectivity index (χ2v) is 5.67. The second-order valence-electron chi connectivity index (χ2n) is 4.13. The first-order chi connectivity index (χ1) is 7.06. The molecule has 0 aliphatic rings. The first-order valence-electron chi connectivity index (χ1n) is 5.93. The summed E-state index contributed by atoms with van der Waals surface area (Å²) in [6, 6.07) is 0. The summed E-state index contributed by atoms with van der Waals surface area (Å²) in [6.07, 6.45) is 10.5. The van der Waals surface area contributed by atoms with Gasteiger partial charge in [-0.05, 0) is 25.8 Å². The first-order valence-corrected chi connectivity index (χ1v) is 6.68. The molecule has 4 heteroatoms. The first kappa shape index (κ1) is 15.5. The molecule has 2 nitrogen and oxygen atoms in total. The van der Waals surface area contributed by atoms with Crippen LogP contribution in [0.4, 0.5) is 0 Å². The molecule has 0 spiro atoms. The third kappa shape index (κ3) is 14.5. The lowest BCUT2D eigenvalue weighted by Crippen LogP contribution is -2.24. The fourth-order valence-corrected chi connectivity index (χ4v) is 1.83. The molecular weight excluding hydrogens is 231 g/mol. The number of hydrogen-bond acceptors (Lipinski definition) is 2. The van der Waals surface area contributed by atoms with E-state index in [0.29, 0.717) is 6.42 Å². The molecule has 0 saturated carbocycles. The normalized spacial score (nSPS) is 12.0. The topological polar surface area (TPSA) is 52.0 Å². The summed E-state index contributed by atoms with van der Waals surface area (Å²) < 4.78 is -1.03. The van der Waals surface area contributed by atoms with Crippen LogP contribution < -0.4 is 11.5 Å². The van der Waals surface area contributed by atoms with Crippen molar-refractivity contribution < 1.29 is 0 Å². The number of halogens is 2. The fourth-order valence-electron chi connectivity index (χ4n) is 1.57. The van der Waals surface area contributed by atoms with Crippen LogP contribution in [-0.4, -0.2) is 11.0 Å². The zero-order chi connectivity index (χ0) is 11.6. The molecule has 0 fully saturated rings. The molecule has 0 amide bonds. The second kappa shape index (κ2) is 9.71. The number of hydrogen-bond donors (Lipinski definition) is 2. The molecule has 0 aromatic carbocycles. The molecule has 92 valence electrons. The van der Waals surface area contributed by atoms with Crippen molar-refractivity contribution in [3.8, 4) is 0 Å². The average Bonchev–Trinajstić information content (AvgIpc) is 2.14.